The van der Waals surface area contributed by atoms with Crippen molar-refractivity contribution in [2.45, 2.75) is 25.8 Å². The number of nitrogens with one attached hydrogen (secondary N) is 1. The Bertz CT molecular complexity index is 785. The summed E-state index contributed by atoms with van der Waals surface area (Å²) in [6, 6.07) is 19.2. The van der Waals surface area contributed by atoms with Crippen molar-refractivity contribution in [1.82, 2.24) is 15.5 Å². The summed E-state index contributed by atoms with van der Waals surface area (Å²) in [6.07, 6.45) is 1.13. The first-order chi connectivity index (χ1) is 11.7. The van der Waals surface area contributed by atoms with Crippen molar-refractivity contribution in [2.24, 2.45) is 0 Å². The van der Waals surface area contributed by atoms with Gasteiger partial charge >= 0.3 is 0 Å². The third-order valence-corrected chi connectivity index (χ3v) is 3.71. The van der Waals surface area contributed by atoms with Crippen LogP contribution in [0.3, 0.4) is 0 Å². The fourth-order valence-corrected chi connectivity index (χ4v) is 2.39. The molecule has 2 aromatic carbocycles. The number of hydrogen-bond acceptors (Lipinski definition) is 4. The van der Waals surface area contributed by atoms with Gasteiger partial charge in [0.15, 0.2) is 0 Å². The molecule has 1 heterocycles. The van der Waals surface area contributed by atoms with Gasteiger partial charge in [-0.05, 0) is 18.9 Å². The van der Waals surface area contributed by atoms with E-state index in [0.717, 1.165) is 11.1 Å². The van der Waals surface area contributed by atoms with Gasteiger partial charge in [0.05, 0.1) is 0 Å². The van der Waals surface area contributed by atoms with E-state index in [1.165, 1.54) is 0 Å². The fourth-order valence-electron chi connectivity index (χ4n) is 2.39. The van der Waals surface area contributed by atoms with Crippen molar-refractivity contribution in [3.8, 4) is 11.4 Å². The van der Waals surface area contributed by atoms with Crippen LogP contribution in [0, 0.1) is 0 Å². The minimum absolute atomic E-state index is 0.0363. The summed E-state index contributed by atoms with van der Waals surface area (Å²) < 4.78 is 5.27. The van der Waals surface area contributed by atoms with Gasteiger partial charge in [-0.3, -0.25) is 4.79 Å². The molecule has 0 aliphatic heterocycles. The summed E-state index contributed by atoms with van der Waals surface area (Å²) in [6.45, 7) is 1.84. The van der Waals surface area contributed by atoms with Crippen molar-refractivity contribution in [2.75, 3.05) is 0 Å². The van der Waals surface area contributed by atoms with Crippen LogP contribution in [0.15, 0.2) is 65.2 Å². The third kappa shape index (κ3) is 4.07. The van der Waals surface area contributed by atoms with Gasteiger partial charge in [0.1, 0.15) is 6.04 Å². The van der Waals surface area contributed by atoms with Crippen molar-refractivity contribution in [1.29, 1.82) is 0 Å². The standard InChI is InChI=1S/C19H19N3O2/c1-14(20-17(23)13-12-15-8-4-2-5-9-15)19-21-18(22-24-19)16-10-6-3-7-11-16/h2-11,14H,12-13H2,1H3,(H,20,23)/t14-/m0/s1. The molecule has 0 aliphatic rings. The third-order valence-electron chi connectivity index (χ3n) is 3.71. The van der Waals surface area contributed by atoms with E-state index >= 15 is 0 Å². The van der Waals surface area contributed by atoms with Gasteiger partial charge in [-0.25, -0.2) is 0 Å². The molecule has 3 rings (SSSR count). The first kappa shape index (κ1) is 15.9. The summed E-state index contributed by atoms with van der Waals surface area (Å²) in [4.78, 5) is 16.4. The number of hydrogen-bond donors (Lipinski definition) is 1. The fraction of sp³-hybridized carbons (Fsp3) is 0.211. The quantitative estimate of drug-likeness (QED) is 0.754. The van der Waals surface area contributed by atoms with E-state index in [4.69, 9.17) is 4.52 Å². The Hall–Kier alpha value is -2.95. The molecule has 0 spiro atoms. The van der Waals surface area contributed by atoms with Gasteiger partial charge in [-0.2, -0.15) is 4.98 Å². The highest BCUT2D eigenvalue weighted by Crippen LogP contribution is 2.18. The zero-order chi connectivity index (χ0) is 16.8. The largest absolute Gasteiger partial charge is 0.345 e. The molecule has 0 bridgehead atoms. The lowest BCUT2D eigenvalue weighted by atomic mass is 10.1. The second kappa shape index (κ2) is 7.55. The van der Waals surface area contributed by atoms with E-state index in [1.807, 2.05) is 67.6 Å². The predicted molar refractivity (Wildman–Crippen MR) is 91.1 cm³/mol. The van der Waals surface area contributed by atoms with E-state index in [-0.39, 0.29) is 11.9 Å². The monoisotopic (exact) mass is 321 g/mol. The van der Waals surface area contributed by atoms with Crippen molar-refractivity contribution in [3.63, 3.8) is 0 Å². The number of nitrogens with zero attached hydrogens (tertiary/aromatic N) is 2. The minimum Gasteiger partial charge on any atom is -0.345 e. The van der Waals surface area contributed by atoms with Crippen molar-refractivity contribution in [3.05, 3.63) is 72.1 Å². The topological polar surface area (TPSA) is 68.0 Å². The molecule has 24 heavy (non-hydrogen) atoms. The molecule has 3 aromatic rings. The Balaban J connectivity index is 1.56. The number of aryl methyl sites for hydroxylation is 1. The molecule has 0 unspecified atom stereocenters. The maximum absolute atomic E-state index is 12.1. The van der Waals surface area contributed by atoms with Gasteiger partial charge in [0, 0.05) is 12.0 Å². The number of aromatic nitrogens is 2. The van der Waals surface area contributed by atoms with Crippen LogP contribution in [0.25, 0.3) is 11.4 Å². The lowest BCUT2D eigenvalue weighted by Gasteiger charge is -2.09. The molecule has 0 saturated heterocycles. The summed E-state index contributed by atoms with van der Waals surface area (Å²) in [5.41, 5.74) is 2.03. The summed E-state index contributed by atoms with van der Waals surface area (Å²) in [5, 5.41) is 6.87. The first-order valence-electron chi connectivity index (χ1n) is 7.94. The van der Waals surface area contributed by atoms with Crippen LogP contribution in [0.5, 0.6) is 0 Å². The second-order valence-corrected chi connectivity index (χ2v) is 5.60. The Labute approximate surface area is 140 Å². The second-order valence-electron chi connectivity index (χ2n) is 5.60. The van der Waals surface area contributed by atoms with Crippen LogP contribution in [0.2, 0.25) is 0 Å². The van der Waals surface area contributed by atoms with E-state index in [1.54, 1.807) is 0 Å². The highest BCUT2D eigenvalue weighted by molar-refractivity contribution is 5.76. The van der Waals surface area contributed by atoms with Crippen LogP contribution in [-0.4, -0.2) is 16.0 Å². The summed E-state index contributed by atoms with van der Waals surface area (Å²) in [7, 11) is 0. The number of amides is 1. The van der Waals surface area contributed by atoms with Crippen molar-refractivity contribution < 1.29 is 9.32 Å². The van der Waals surface area contributed by atoms with Crippen LogP contribution >= 0.6 is 0 Å². The summed E-state index contributed by atoms with van der Waals surface area (Å²) >= 11 is 0. The van der Waals surface area contributed by atoms with Crippen LogP contribution < -0.4 is 5.32 Å². The highest BCUT2D eigenvalue weighted by atomic mass is 16.5. The van der Waals surface area contributed by atoms with Gasteiger partial charge in [-0.15, -0.1) is 0 Å². The Morgan fingerprint density at radius 2 is 1.75 bits per heavy atom. The van der Waals surface area contributed by atoms with E-state index in [0.29, 0.717) is 24.6 Å². The SMILES string of the molecule is C[C@H](NC(=O)CCc1ccccc1)c1nc(-c2ccccc2)no1. The average Bonchev–Trinajstić information content (AvgIpc) is 3.12. The number of carbonyl (C=O) groups excluding carboxylic acids is 1. The lowest BCUT2D eigenvalue weighted by molar-refractivity contribution is -0.121. The van der Waals surface area contributed by atoms with E-state index in [2.05, 4.69) is 15.5 Å². The normalized spacial score (nSPS) is 11.9. The Morgan fingerprint density at radius 1 is 1.08 bits per heavy atom. The van der Waals surface area contributed by atoms with Gasteiger partial charge in [0.2, 0.25) is 17.6 Å². The van der Waals surface area contributed by atoms with Crippen molar-refractivity contribution >= 4 is 5.91 Å². The predicted octanol–water partition coefficient (Wildman–Crippen LogP) is 3.55. The molecule has 1 atom stereocenters. The number of benzene rings is 2. The molecule has 0 fully saturated rings. The molecule has 1 N–H and O–H groups in total. The van der Waals surface area contributed by atoms with Gasteiger partial charge < -0.3 is 9.84 Å². The molecular weight excluding hydrogens is 302 g/mol. The Morgan fingerprint density at radius 3 is 2.46 bits per heavy atom. The summed E-state index contributed by atoms with van der Waals surface area (Å²) in [5.74, 6) is 0.892. The van der Waals surface area contributed by atoms with Crippen LogP contribution in [0.1, 0.15) is 30.8 Å². The molecule has 1 aromatic heterocycles. The van der Waals surface area contributed by atoms with E-state index in [9.17, 15) is 4.79 Å². The molecule has 1 amide bonds. The number of carbonyl (C=O) groups is 1. The molecule has 122 valence electrons. The maximum Gasteiger partial charge on any atom is 0.249 e. The van der Waals surface area contributed by atoms with E-state index < -0.39 is 0 Å². The first-order valence-corrected chi connectivity index (χ1v) is 7.94. The average molecular weight is 321 g/mol. The maximum atomic E-state index is 12.1. The van der Waals surface area contributed by atoms with Gasteiger partial charge in [0.25, 0.3) is 0 Å². The zero-order valence-corrected chi connectivity index (χ0v) is 13.5. The molecule has 5 heteroatoms. The molecule has 5 nitrogen and oxygen atoms in total. The van der Waals surface area contributed by atoms with Crippen LogP contribution in [0.4, 0.5) is 0 Å². The number of rotatable bonds is 6. The zero-order valence-electron chi connectivity index (χ0n) is 13.5. The molecule has 0 radical (unpaired) electrons. The molecular formula is C19H19N3O2. The molecule has 0 saturated carbocycles. The van der Waals surface area contributed by atoms with Crippen LogP contribution in [-0.2, 0) is 11.2 Å². The minimum atomic E-state index is -0.321. The highest BCUT2D eigenvalue weighted by Gasteiger charge is 2.17. The van der Waals surface area contributed by atoms with Gasteiger partial charge in [-0.1, -0.05) is 65.8 Å². The lowest BCUT2D eigenvalue weighted by Crippen LogP contribution is -2.27. The Kier molecular flexibility index (Phi) is 5.01. The smallest absolute Gasteiger partial charge is 0.249 e. The molecule has 0 aliphatic carbocycles.